The van der Waals surface area contributed by atoms with Gasteiger partial charge < -0.3 is 10.1 Å². The second kappa shape index (κ2) is 6.78. The van der Waals surface area contributed by atoms with Crippen LogP contribution in [0.2, 0.25) is 0 Å². The molecular weight excluding hydrogens is 355 g/mol. The summed E-state index contributed by atoms with van der Waals surface area (Å²) < 4.78 is 42.6. The van der Waals surface area contributed by atoms with E-state index in [2.05, 4.69) is 26.3 Å². The molecule has 0 amide bonds. The van der Waals surface area contributed by atoms with Crippen LogP contribution in [0, 0.1) is 5.92 Å². The van der Waals surface area contributed by atoms with Gasteiger partial charge in [-0.2, -0.15) is 18.3 Å². The van der Waals surface area contributed by atoms with Crippen LogP contribution in [-0.2, 0) is 11.3 Å². The molecule has 0 atom stereocenters. The third-order valence-corrected chi connectivity index (χ3v) is 3.69. The lowest BCUT2D eigenvalue weighted by molar-refractivity contribution is -0.143. The van der Waals surface area contributed by atoms with Crippen molar-refractivity contribution in [2.24, 2.45) is 5.92 Å². The highest BCUT2D eigenvalue weighted by Crippen LogP contribution is 2.28. The summed E-state index contributed by atoms with van der Waals surface area (Å²) in [4.78, 5) is 11.7. The molecular formula is C12H15BrF3N3O2. The number of rotatable bonds is 7. The summed E-state index contributed by atoms with van der Waals surface area (Å²) in [6.45, 7) is 0.244. The zero-order valence-electron chi connectivity index (χ0n) is 11.1. The fourth-order valence-electron chi connectivity index (χ4n) is 1.66. The van der Waals surface area contributed by atoms with E-state index in [1.165, 1.54) is 19.0 Å². The van der Waals surface area contributed by atoms with Crippen LogP contribution in [0.5, 0.6) is 0 Å². The number of aromatic nitrogens is 2. The number of anilines is 1. The van der Waals surface area contributed by atoms with E-state index in [1.807, 2.05) is 0 Å². The molecule has 1 N–H and O–H groups in total. The Morgan fingerprint density at radius 1 is 1.48 bits per heavy atom. The van der Waals surface area contributed by atoms with Gasteiger partial charge in [-0.1, -0.05) is 0 Å². The molecule has 0 aromatic carbocycles. The van der Waals surface area contributed by atoms with Crippen LogP contribution in [0.15, 0.2) is 15.5 Å². The summed E-state index contributed by atoms with van der Waals surface area (Å²) in [7, 11) is 0. The van der Waals surface area contributed by atoms with Gasteiger partial charge in [0.05, 0.1) is 18.5 Å². The Kier molecular flexibility index (Phi) is 5.26. The smallest absolute Gasteiger partial charge is 0.380 e. The maximum Gasteiger partial charge on any atom is 0.408 e. The summed E-state index contributed by atoms with van der Waals surface area (Å²) in [5.74, 6) is 0.671. The standard InChI is InChI=1S/C12H15BrF3N3O2/c13-10-9(17-3-4-21-6-8-1-2-8)5-18-19(11(10)20)7-12(14,15)16/h5,8,17H,1-4,6-7H2. The Labute approximate surface area is 127 Å². The molecule has 0 bridgehead atoms. The first kappa shape index (κ1) is 16.3. The molecule has 0 aliphatic heterocycles. The average Bonchev–Trinajstić information content (AvgIpc) is 3.20. The molecule has 0 spiro atoms. The maximum atomic E-state index is 12.3. The zero-order valence-corrected chi connectivity index (χ0v) is 12.7. The van der Waals surface area contributed by atoms with Crippen LogP contribution in [0.25, 0.3) is 0 Å². The number of nitrogens with zero attached hydrogens (tertiary/aromatic N) is 2. The Morgan fingerprint density at radius 3 is 2.81 bits per heavy atom. The van der Waals surface area contributed by atoms with Gasteiger partial charge in [0.15, 0.2) is 0 Å². The van der Waals surface area contributed by atoms with Crippen LogP contribution in [0.1, 0.15) is 12.8 Å². The van der Waals surface area contributed by atoms with Crippen molar-refractivity contribution in [1.29, 1.82) is 0 Å². The van der Waals surface area contributed by atoms with Crippen LogP contribution >= 0.6 is 15.9 Å². The molecule has 1 aliphatic rings. The van der Waals surface area contributed by atoms with E-state index in [1.54, 1.807) is 0 Å². The molecule has 21 heavy (non-hydrogen) atoms. The number of hydrogen-bond donors (Lipinski definition) is 1. The topological polar surface area (TPSA) is 56.1 Å². The average molecular weight is 370 g/mol. The Morgan fingerprint density at radius 2 is 2.19 bits per heavy atom. The molecule has 2 rings (SSSR count). The first-order valence-electron chi connectivity index (χ1n) is 6.51. The Hall–Kier alpha value is -1.09. The molecule has 1 fully saturated rings. The van der Waals surface area contributed by atoms with Crippen molar-refractivity contribution in [3.63, 3.8) is 0 Å². The molecule has 1 heterocycles. The number of halogens is 4. The summed E-state index contributed by atoms with van der Waals surface area (Å²) in [6, 6.07) is 0. The summed E-state index contributed by atoms with van der Waals surface area (Å²) in [5.41, 5.74) is -0.468. The van der Waals surface area contributed by atoms with Gasteiger partial charge in [0.1, 0.15) is 11.0 Å². The lowest BCUT2D eigenvalue weighted by Gasteiger charge is -2.12. The van der Waals surface area contributed by atoms with E-state index in [-0.39, 0.29) is 4.47 Å². The molecule has 9 heteroatoms. The third kappa shape index (κ3) is 5.31. The minimum atomic E-state index is -4.48. The van der Waals surface area contributed by atoms with Gasteiger partial charge in [0.25, 0.3) is 5.56 Å². The highest BCUT2D eigenvalue weighted by atomic mass is 79.9. The molecule has 1 aromatic heterocycles. The largest absolute Gasteiger partial charge is 0.408 e. The molecule has 0 unspecified atom stereocenters. The van der Waals surface area contributed by atoms with E-state index in [4.69, 9.17) is 4.74 Å². The monoisotopic (exact) mass is 369 g/mol. The molecule has 5 nitrogen and oxygen atoms in total. The first-order chi connectivity index (χ1) is 9.87. The molecule has 1 saturated carbocycles. The van der Waals surface area contributed by atoms with Crippen molar-refractivity contribution in [2.45, 2.75) is 25.6 Å². The fraction of sp³-hybridized carbons (Fsp3) is 0.667. The number of alkyl halides is 3. The quantitative estimate of drug-likeness (QED) is 0.749. The van der Waals surface area contributed by atoms with Crippen LogP contribution in [0.4, 0.5) is 18.9 Å². The molecule has 118 valence electrons. The second-order valence-corrected chi connectivity index (χ2v) is 5.69. The SMILES string of the molecule is O=c1c(Br)c(NCCOCC2CC2)cnn1CC(F)(F)F. The van der Waals surface area contributed by atoms with Crippen LogP contribution < -0.4 is 10.9 Å². The van der Waals surface area contributed by atoms with Crippen molar-refractivity contribution >= 4 is 21.6 Å². The maximum absolute atomic E-state index is 12.3. The van der Waals surface area contributed by atoms with E-state index in [0.717, 1.165) is 6.61 Å². The Bertz CT molecular complexity index is 544. The van der Waals surface area contributed by atoms with E-state index in [9.17, 15) is 18.0 Å². The van der Waals surface area contributed by atoms with Gasteiger partial charge in [-0.25, -0.2) is 4.68 Å². The summed E-state index contributed by atoms with van der Waals surface area (Å²) >= 11 is 3.00. The van der Waals surface area contributed by atoms with Gasteiger partial charge in [0.2, 0.25) is 0 Å². The van der Waals surface area contributed by atoms with Crippen molar-refractivity contribution in [3.05, 3.63) is 21.0 Å². The lowest BCUT2D eigenvalue weighted by atomic mass is 10.4. The first-order valence-corrected chi connectivity index (χ1v) is 7.30. The van der Waals surface area contributed by atoms with Crippen LogP contribution in [-0.4, -0.2) is 35.7 Å². The molecule has 1 aromatic rings. The highest BCUT2D eigenvalue weighted by Gasteiger charge is 2.29. The third-order valence-electron chi connectivity index (χ3n) is 2.93. The van der Waals surface area contributed by atoms with Gasteiger partial charge in [0, 0.05) is 13.2 Å². The van der Waals surface area contributed by atoms with Crippen molar-refractivity contribution in [2.75, 3.05) is 25.1 Å². The Balaban J connectivity index is 1.88. The zero-order chi connectivity index (χ0) is 15.5. The fourth-order valence-corrected chi connectivity index (χ4v) is 2.11. The van der Waals surface area contributed by atoms with Gasteiger partial charge in [-0.05, 0) is 34.7 Å². The molecule has 0 radical (unpaired) electrons. The van der Waals surface area contributed by atoms with E-state index in [0.29, 0.717) is 29.4 Å². The van der Waals surface area contributed by atoms with Gasteiger partial charge in [-0.15, -0.1) is 0 Å². The van der Waals surface area contributed by atoms with Gasteiger partial charge >= 0.3 is 6.18 Å². The lowest BCUT2D eigenvalue weighted by Crippen LogP contribution is -2.31. The minimum absolute atomic E-state index is 0.0314. The summed E-state index contributed by atoms with van der Waals surface area (Å²) in [6.07, 6.45) is -0.874. The predicted octanol–water partition coefficient (Wildman–Crippen LogP) is 2.41. The highest BCUT2D eigenvalue weighted by molar-refractivity contribution is 9.10. The van der Waals surface area contributed by atoms with Crippen molar-refractivity contribution < 1.29 is 17.9 Å². The van der Waals surface area contributed by atoms with Gasteiger partial charge in [-0.3, -0.25) is 4.79 Å². The molecule has 0 saturated heterocycles. The van der Waals surface area contributed by atoms with E-state index < -0.39 is 18.3 Å². The van der Waals surface area contributed by atoms with Crippen molar-refractivity contribution in [3.8, 4) is 0 Å². The van der Waals surface area contributed by atoms with Crippen molar-refractivity contribution in [1.82, 2.24) is 9.78 Å². The minimum Gasteiger partial charge on any atom is -0.380 e. The number of ether oxygens (including phenoxy) is 1. The normalized spacial score (nSPS) is 15.2. The van der Waals surface area contributed by atoms with E-state index >= 15 is 0 Å². The number of hydrogen-bond acceptors (Lipinski definition) is 4. The number of nitrogens with one attached hydrogen (secondary N) is 1. The predicted molar refractivity (Wildman–Crippen MR) is 74.3 cm³/mol. The molecule has 1 aliphatic carbocycles. The van der Waals surface area contributed by atoms with Crippen LogP contribution in [0.3, 0.4) is 0 Å². The summed E-state index contributed by atoms with van der Waals surface area (Å²) in [5, 5.41) is 6.42. The second-order valence-electron chi connectivity index (χ2n) is 4.90.